The van der Waals surface area contributed by atoms with E-state index < -0.39 is 4.92 Å². The molecule has 2 aromatic carbocycles. The molecule has 0 atom stereocenters. The SMILES string of the molecule is CCOC1=NN(c2ccc([N+](=O)[O-])cc2)C(=O)/C1=C\c1ccc(C)cc1. The number of nitrogens with zero attached hydrogens (tertiary/aromatic N) is 3. The fourth-order valence-corrected chi connectivity index (χ4v) is 2.48. The zero-order valence-corrected chi connectivity index (χ0v) is 14.4. The van der Waals surface area contributed by atoms with E-state index in [0.717, 1.165) is 11.1 Å². The number of hydrogen-bond donors (Lipinski definition) is 0. The predicted octanol–water partition coefficient (Wildman–Crippen LogP) is 3.68. The van der Waals surface area contributed by atoms with Crippen molar-refractivity contribution >= 4 is 29.3 Å². The van der Waals surface area contributed by atoms with Crippen molar-refractivity contribution in [3.05, 3.63) is 75.3 Å². The number of amides is 1. The summed E-state index contributed by atoms with van der Waals surface area (Å²) < 4.78 is 5.51. The first-order chi connectivity index (χ1) is 12.5. The van der Waals surface area contributed by atoms with Gasteiger partial charge in [-0.05, 0) is 37.6 Å². The summed E-state index contributed by atoms with van der Waals surface area (Å²) in [6, 6.07) is 13.4. The quantitative estimate of drug-likeness (QED) is 0.478. The predicted molar refractivity (Wildman–Crippen MR) is 98.8 cm³/mol. The first-order valence-electron chi connectivity index (χ1n) is 8.08. The van der Waals surface area contributed by atoms with Crippen LogP contribution in [0.2, 0.25) is 0 Å². The number of hydrazone groups is 1. The average molecular weight is 351 g/mol. The average Bonchev–Trinajstić information content (AvgIpc) is 2.93. The second kappa shape index (κ2) is 7.18. The van der Waals surface area contributed by atoms with Crippen LogP contribution in [0.5, 0.6) is 0 Å². The molecule has 132 valence electrons. The lowest BCUT2D eigenvalue weighted by Crippen LogP contribution is -2.21. The third kappa shape index (κ3) is 3.46. The fraction of sp³-hybridized carbons (Fsp3) is 0.158. The van der Waals surface area contributed by atoms with Gasteiger partial charge in [-0.15, -0.1) is 5.10 Å². The lowest BCUT2D eigenvalue weighted by atomic mass is 10.1. The molecule has 3 rings (SSSR count). The van der Waals surface area contributed by atoms with Gasteiger partial charge in [0.05, 0.1) is 17.2 Å². The normalized spacial score (nSPS) is 15.3. The van der Waals surface area contributed by atoms with E-state index >= 15 is 0 Å². The van der Waals surface area contributed by atoms with Crippen LogP contribution in [-0.2, 0) is 9.53 Å². The molecule has 1 heterocycles. The highest BCUT2D eigenvalue weighted by Gasteiger charge is 2.32. The summed E-state index contributed by atoms with van der Waals surface area (Å²) in [6.07, 6.45) is 1.72. The number of ether oxygens (including phenoxy) is 1. The molecule has 0 bridgehead atoms. The summed E-state index contributed by atoms with van der Waals surface area (Å²) in [6.45, 7) is 4.16. The molecular formula is C19H17N3O4. The van der Waals surface area contributed by atoms with E-state index in [-0.39, 0.29) is 17.5 Å². The van der Waals surface area contributed by atoms with E-state index in [2.05, 4.69) is 5.10 Å². The number of carbonyl (C=O) groups excluding carboxylic acids is 1. The minimum absolute atomic E-state index is 0.0511. The van der Waals surface area contributed by atoms with E-state index in [9.17, 15) is 14.9 Å². The molecule has 0 aromatic heterocycles. The van der Waals surface area contributed by atoms with Crippen LogP contribution in [0.15, 0.2) is 59.2 Å². The Balaban J connectivity index is 1.95. The van der Waals surface area contributed by atoms with Gasteiger partial charge in [0.2, 0.25) is 5.90 Å². The van der Waals surface area contributed by atoms with Crippen molar-refractivity contribution in [3.8, 4) is 0 Å². The van der Waals surface area contributed by atoms with Gasteiger partial charge in [-0.1, -0.05) is 29.8 Å². The number of carbonyl (C=O) groups is 1. The summed E-state index contributed by atoms with van der Waals surface area (Å²) in [5.41, 5.74) is 2.71. The molecule has 26 heavy (non-hydrogen) atoms. The van der Waals surface area contributed by atoms with Crippen LogP contribution in [0.3, 0.4) is 0 Å². The molecule has 7 nitrogen and oxygen atoms in total. The summed E-state index contributed by atoms with van der Waals surface area (Å²) in [5.74, 6) is -0.112. The van der Waals surface area contributed by atoms with Gasteiger partial charge in [0.1, 0.15) is 5.57 Å². The van der Waals surface area contributed by atoms with Gasteiger partial charge in [0, 0.05) is 12.1 Å². The minimum Gasteiger partial charge on any atom is -0.476 e. The molecule has 2 aromatic rings. The van der Waals surface area contributed by atoms with Crippen molar-refractivity contribution in [1.29, 1.82) is 0 Å². The number of aryl methyl sites for hydroxylation is 1. The number of rotatable bonds is 4. The Morgan fingerprint density at radius 2 is 1.81 bits per heavy atom. The van der Waals surface area contributed by atoms with E-state index in [1.165, 1.54) is 29.3 Å². The highest BCUT2D eigenvalue weighted by Crippen LogP contribution is 2.27. The second-order valence-electron chi connectivity index (χ2n) is 5.70. The van der Waals surface area contributed by atoms with Crippen LogP contribution in [-0.4, -0.2) is 23.3 Å². The first-order valence-corrected chi connectivity index (χ1v) is 8.08. The van der Waals surface area contributed by atoms with E-state index in [0.29, 0.717) is 17.9 Å². The molecule has 7 heteroatoms. The molecule has 1 aliphatic heterocycles. The van der Waals surface area contributed by atoms with Crippen LogP contribution >= 0.6 is 0 Å². The van der Waals surface area contributed by atoms with Gasteiger partial charge in [0.25, 0.3) is 11.6 Å². The maximum Gasteiger partial charge on any atom is 0.284 e. The molecule has 1 amide bonds. The van der Waals surface area contributed by atoms with E-state index in [1.54, 1.807) is 6.08 Å². The zero-order valence-electron chi connectivity index (χ0n) is 14.4. The molecule has 0 radical (unpaired) electrons. The first kappa shape index (κ1) is 17.3. The van der Waals surface area contributed by atoms with Gasteiger partial charge in [0.15, 0.2) is 0 Å². The summed E-state index contributed by atoms with van der Waals surface area (Å²) >= 11 is 0. The number of hydrogen-bond acceptors (Lipinski definition) is 5. The second-order valence-corrected chi connectivity index (χ2v) is 5.70. The molecule has 0 fully saturated rings. The van der Waals surface area contributed by atoms with E-state index in [4.69, 9.17) is 4.74 Å². The Bertz CT molecular complexity index is 899. The van der Waals surface area contributed by atoms with E-state index in [1.807, 2.05) is 38.1 Å². The number of nitro benzene ring substituents is 1. The highest BCUT2D eigenvalue weighted by atomic mass is 16.6. The van der Waals surface area contributed by atoms with Gasteiger partial charge < -0.3 is 4.74 Å². The van der Waals surface area contributed by atoms with Crippen LogP contribution in [0, 0.1) is 17.0 Å². The number of benzene rings is 2. The molecule has 0 N–H and O–H groups in total. The maximum atomic E-state index is 12.8. The molecule has 0 spiro atoms. The Morgan fingerprint density at radius 1 is 1.15 bits per heavy atom. The maximum absolute atomic E-state index is 12.8. The summed E-state index contributed by atoms with van der Waals surface area (Å²) in [4.78, 5) is 23.1. The monoisotopic (exact) mass is 351 g/mol. The van der Waals surface area contributed by atoms with Crippen LogP contribution < -0.4 is 5.01 Å². The minimum atomic E-state index is -0.493. The fourth-order valence-electron chi connectivity index (χ4n) is 2.48. The molecule has 0 saturated heterocycles. The number of non-ortho nitro benzene ring substituents is 1. The molecule has 0 saturated carbocycles. The lowest BCUT2D eigenvalue weighted by Gasteiger charge is -2.10. The standard InChI is InChI=1S/C19H17N3O4/c1-3-26-18-17(12-14-6-4-13(2)5-7-14)19(23)21(20-18)15-8-10-16(11-9-15)22(24)25/h4-12H,3H2,1-2H3/b17-12-. The van der Waals surface area contributed by atoms with Gasteiger partial charge in [-0.2, -0.15) is 5.01 Å². The molecule has 0 aliphatic carbocycles. The lowest BCUT2D eigenvalue weighted by molar-refractivity contribution is -0.384. The van der Waals surface area contributed by atoms with Crippen molar-refractivity contribution in [2.75, 3.05) is 11.6 Å². The van der Waals surface area contributed by atoms with Crippen molar-refractivity contribution in [2.24, 2.45) is 5.10 Å². The van der Waals surface area contributed by atoms with Crippen LogP contribution in [0.25, 0.3) is 6.08 Å². The number of anilines is 1. The van der Waals surface area contributed by atoms with Gasteiger partial charge in [-0.25, -0.2) is 0 Å². The third-order valence-corrected chi connectivity index (χ3v) is 3.82. The Morgan fingerprint density at radius 3 is 2.38 bits per heavy atom. The zero-order chi connectivity index (χ0) is 18.7. The van der Waals surface area contributed by atoms with Crippen molar-refractivity contribution < 1.29 is 14.5 Å². The number of nitro groups is 1. The Hall–Kier alpha value is -3.48. The highest BCUT2D eigenvalue weighted by molar-refractivity contribution is 6.30. The van der Waals surface area contributed by atoms with Gasteiger partial charge >= 0.3 is 0 Å². The molecular weight excluding hydrogens is 334 g/mol. The topological polar surface area (TPSA) is 85.0 Å². The van der Waals surface area contributed by atoms with Crippen LogP contribution in [0.4, 0.5) is 11.4 Å². The summed E-state index contributed by atoms with van der Waals surface area (Å²) in [7, 11) is 0. The third-order valence-electron chi connectivity index (χ3n) is 3.82. The van der Waals surface area contributed by atoms with Crippen molar-refractivity contribution in [1.82, 2.24) is 0 Å². The molecule has 1 aliphatic rings. The van der Waals surface area contributed by atoms with Gasteiger partial charge in [-0.3, -0.25) is 14.9 Å². The van der Waals surface area contributed by atoms with Crippen LogP contribution in [0.1, 0.15) is 18.1 Å². The van der Waals surface area contributed by atoms with Crippen molar-refractivity contribution in [2.45, 2.75) is 13.8 Å². The smallest absolute Gasteiger partial charge is 0.284 e. The summed E-state index contributed by atoms with van der Waals surface area (Å²) in [5, 5.41) is 16.2. The Kier molecular flexibility index (Phi) is 4.79. The Labute approximate surface area is 150 Å². The largest absolute Gasteiger partial charge is 0.476 e. The molecule has 0 unspecified atom stereocenters. The van der Waals surface area contributed by atoms with Crippen molar-refractivity contribution in [3.63, 3.8) is 0 Å².